The fourth-order valence-electron chi connectivity index (χ4n) is 1.74. The van der Waals surface area contributed by atoms with Crippen molar-refractivity contribution < 1.29 is 4.74 Å². The Morgan fingerprint density at radius 3 is 2.64 bits per heavy atom. The smallest absolute Gasteiger partial charge is 0.0726 e. The molecule has 1 aliphatic rings. The van der Waals surface area contributed by atoms with Gasteiger partial charge in [0, 0.05) is 17.7 Å². The van der Waals surface area contributed by atoms with Crippen molar-refractivity contribution >= 4 is 0 Å². The summed E-state index contributed by atoms with van der Waals surface area (Å²) in [5, 5.41) is 3.56. The van der Waals surface area contributed by atoms with Crippen LogP contribution in [0.5, 0.6) is 0 Å². The van der Waals surface area contributed by atoms with Crippen LogP contribution in [0.3, 0.4) is 0 Å². The molecule has 1 fully saturated rings. The van der Waals surface area contributed by atoms with Crippen LogP contribution in [0.1, 0.15) is 40.5 Å². The second-order valence-corrected chi connectivity index (χ2v) is 5.35. The molecule has 1 aliphatic heterocycles. The molecule has 1 rings (SSSR count). The lowest BCUT2D eigenvalue weighted by molar-refractivity contribution is 0.0881. The van der Waals surface area contributed by atoms with E-state index in [0.29, 0.717) is 6.10 Å². The third kappa shape index (κ3) is 3.23. The van der Waals surface area contributed by atoms with Crippen LogP contribution in [-0.4, -0.2) is 30.3 Å². The van der Waals surface area contributed by atoms with Crippen LogP contribution in [-0.2, 0) is 4.74 Å². The van der Waals surface area contributed by atoms with Crippen LogP contribution in [0, 0.1) is 0 Å². The van der Waals surface area contributed by atoms with Crippen LogP contribution in [0.25, 0.3) is 0 Å². The molecule has 0 amide bonds. The van der Waals surface area contributed by atoms with Gasteiger partial charge in [-0.25, -0.2) is 0 Å². The van der Waals surface area contributed by atoms with E-state index in [2.05, 4.69) is 33.0 Å². The first-order chi connectivity index (χ1) is 6.33. The SMILES string of the molecule is CC1OCCC1(C)NCCC(C)(C)N. The van der Waals surface area contributed by atoms with E-state index in [1.165, 1.54) is 0 Å². The maximum Gasteiger partial charge on any atom is 0.0726 e. The first kappa shape index (κ1) is 12.0. The molecule has 0 radical (unpaired) electrons. The number of rotatable bonds is 4. The molecule has 0 aromatic rings. The first-order valence-electron chi connectivity index (χ1n) is 5.49. The lowest BCUT2D eigenvalue weighted by Crippen LogP contribution is -2.49. The molecule has 3 heteroatoms. The predicted molar refractivity (Wildman–Crippen MR) is 59.3 cm³/mol. The van der Waals surface area contributed by atoms with Crippen molar-refractivity contribution in [2.45, 2.75) is 57.7 Å². The molecule has 2 unspecified atom stereocenters. The summed E-state index contributed by atoms with van der Waals surface area (Å²) in [7, 11) is 0. The summed E-state index contributed by atoms with van der Waals surface area (Å²) >= 11 is 0. The molecule has 3 nitrogen and oxygen atoms in total. The molecule has 14 heavy (non-hydrogen) atoms. The normalized spacial score (nSPS) is 33.6. The Hall–Kier alpha value is -0.120. The topological polar surface area (TPSA) is 47.3 Å². The van der Waals surface area contributed by atoms with E-state index in [4.69, 9.17) is 10.5 Å². The zero-order valence-corrected chi connectivity index (χ0v) is 9.89. The second kappa shape index (κ2) is 4.17. The van der Waals surface area contributed by atoms with Crippen LogP contribution in [0.15, 0.2) is 0 Å². The summed E-state index contributed by atoms with van der Waals surface area (Å²) in [6, 6.07) is 0. The van der Waals surface area contributed by atoms with E-state index < -0.39 is 0 Å². The van der Waals surface area contributed by atoms with Crippen molar-refractivity contribution in [1.29, 1.82) is 0 Å². The Kier molecular flexibility index (Phi) is 3.56. The highest BCUT2D eigenvalue weighted by Gasteiger charge is 2.36. The van der Waals surface area contributed by atoms with Crippen molar-refractivity contribution in [3.8, 4) is 0 Å². The lowest BCUT2D eigenvalue weighted by atomic mass is 9.93. The fourth-order valence-corrected chi connectivity index (χ4v) is 1.74. The van der Waals surface area contributed by atoms with Gasteiger partial charge in [0.2, 0.25) is 0 Å². The minimum absolute atomic E-state index is 0.0773. The van der Waals surface area contributed by atoms with Crippen molar-refractivity contribution in [2.75, 3.05) is 13.2 Å². The number of nitrogens with two attached hydrogens (primary N) is 1. The zero-order chi connectivity index (χ0) is 10.8. The molecule has 0 aromatic heterocycles. The van der Waals surface area contributed by atoms with Crippen molar-refractivity contribution in [1.82, 2.24) is 5.32 Å². The lowest BCUT2D eigenvalue weighted by Gasteiger charge is -2.30. The Labute approximate surface area is 87.4 Å². The molecule has 2 atom stereocenters. The van der Waals surface area contributed by atoms with Gasteiger partial charge in [0.25, 0.3) is 0 Å². The predicted octanol–water partition coefficient (Wildman–Crippen LogP) is 1.27. The Morgan fingerprint density at radius 2 is 2.21 bits per heavy atom. The van der Waals surface area contributed by atoms with Crippen LogP contribution in [0.2, 0.25) is 0 Å². The van der Waals surface area contributed by atoms with E-state index in [9.17, 15) is 0 Å². The van der Waals surface area contributed by atoms with Crippen LogP contribution >= 0.6 is 0 Å². The van der Waals surface area contributed by atoms with Gasteiger partial charge in [0.15, 0.2) is 0 Å². The number of hydrogen-bond acceptors (Lipinski definition) is 3. The van der Waals surface area contributed by atoms with Crippen molar-refractivity contribution in [3.05, 3.63) is 0 Å². The monoisotopic (exact) mass is 200 g/mol. The molecule has 0 aromatic carbocycles. The highest BCUT2D eigenvalue weighted by molar-refractivity contribution is 4.93. The number of hydrogen-bond donors (Lipinski definition) is 2. The largest absolute Gasteiger partial charge is 0.377 e. The molecule has 0 saturated carbocycles. The average Bonchev–Trinajstić information content (AvgIpc) is 2.30. The minimum Gasteiger partial charge on any atom is -0.377 e. The summed E-state index contributed by atoms with van der Waals surface area (Å²) in [6.45, 7) is 10.3. The van der Waals surface area contributed by atoms with Gasteiger partial charge in [-0.1, -0.05) is 0 Å². The summed E-state index contributed by atoms with van der Waals surface area (Å²) in [5.74, 6) is 0. The third-order valence-electron chi connectivity index (χ3n) is 3.18. The Morgan fingerprint density at radius 1 is 1.57 bits per heavy atom. The van der Waals surface area contributed by atoms with Gasteiger partial charge in [0.05, 0.1) is 6.10 Å². The fraction of sp³-hybridized carbons (Fsp3) is 1.00. The number of nitrogens with one attached hydrogen (secondary N) is 1. The van der Waals surface area contributed by atoms with Crippen LogP contribution in [0.4, 0.5) is 0 Å². The van der Waals surface area contributed by atoms with E-state index in [0.717, 1.165) is 26.0 Å². The van der Waals surface area contributed by atoms with Crippen molar-refractivity contribution in [2.24, 2.45) is 5.73 Å². The van der Waals surface area contributed by atoms with E-state index in [-0.39, 0.29) is 11.1 Å². The Bertz CT molecular complexity index is 188. The summed E-state index contributed by atoms with van der Waals surface area (Å²) in [6.07, 6.45) is 2.40. The summed E-state index contributed by atoms with van der Waals surface area (Å²) in [4.78, 5) is 0. The molecule has 84 valence electrons. The molecular weight excluding hydrogens is 176 g/mol. The highest BCUT2D eigenvalue weighted by Crippen LogP contribution is 2.25. The molecule has 1 saturated heterocycles. The first-order valence-corrected chi connectivity index (χ1v) is 5.49. The molecular formula is C11H24N2O. The molecule has 0 bridgehead atoms. The maximum atomic E-state index is 5.93. The third-order valence-corrected chi connectivity index (χ3v) is 3.18. The van der Waals surface area contributed by atoms with Crippen molar-refractivity contribution in [3.63, 3.8) is 0 Å². The van der Waals surface area contributed by atoms with Gasteiger partial charge in [-0.2, -0.15) is 0 Å². The molecule has 3 N–H and O–H groups in total. The van der Waals surface area contributed by atoms with E-state index >= 15 is 0 Å². The van der Waals surface area contributed by atoms with Gasteiger partial charge in [-0.05, 0) is 47.1 Å². The maximum absolute atomic E-state index is 5.93. The summed E-state index contributed by atoms with van der Waals surface area (Å²) < 4.78 is 5.56. The van der Waals surface area contributed by atoms with Gasteiger partial charge >= 0.3 is 0 Å². The van der Waals surface area contributed by atoms with Crippen LogP contribution < -0.4 is 11.1 Å². The quantitative estimate of drug-likeness (QED) is 0.718. The zero-order valence-electron chi connectivity index (χ0n) is 9.89. The highest BCUT2D eigenvalue weighted by atomic mass is 16.5. The average molecular weight is 200 g/mol. The molecule has 0 spiro atoms. The van der Waals surface area contributed by atoms with E-state index in [1.54, 1.807) is 0 Å². The van der Waals surface area contributed by atoms with Gasteiger partial charge < -0.3 is 15.8 Å². The second-order valence-electron chi connectivity index (χ2n) is 5.35. The summed E-state index contributed by atoms with van der Waals surface area (Å²) in [5.41, 5.74) is 5.99. The Balaban J connectivity index is 2.30. The molecule has 0 aliphatic carbocycles. The minimum atomic E-state index is -0.0773. The standard InChI is InChI=1S/C11H24N2O/c1-9-11(4,6-8-14-9)13-7-5-10(2,3)12/h9,13H,5-8,12H2,1-4H3. The number of ether oxygens (including phenoxy) is 1. The van der Waals surface area contributed by atoms with E-state index in [1.807, 2.05) is 0 Å². The van der Waals surface area contributed by atoms with Gasteiger partial charge in [-0.3, -0.25) is 0 Å². The molecule has 1 heterocycles. The van der Waals surface area contributed by atoms with Gasteiger partial charge in [-0.15, -0.1) is 0 Å². The van der Waals surface area contributed by atoms with Gasteiger partial charge in [0.1, 0.15) is 0 Å².